The smallest absolute Gasteiger partial charge is 0.270 e. The molecule has 4 aliphatic carbocycles. The summed E-state index contributed by atoms with van der Waals surface area (Å²) in [5.74, 6) is 6.54. The molecule has 0 N–H and O–H groups in total. The molecule has 4 saturated carbocycles. The average Bonchev–Trinajstić information content (AvgIpc) is 3.27. The molecule has 4 fully saturated rings. The Hall–Kier alpha value is -0.870. The van der Waals surface area contributed by atoms with E-state index in [0.29, 0.717) is 29.3 Å². The van der Waals surface area contributed by atoms with E-state index in [1.807, 2.05) is 30.3 Å². The molecule has 40 heavy (non-hydrogen) atoms. The van der Waals surface area contributed by atoms with E-state index >= 15 is 0 Å². The molecule has 0 radical (unpaired) electrons. The van der Waals surface area contributed by atoms with Crippen molar-refractivity contribution in [2.45, 2.75) is 124 Å². The number of hydrogen-bond acceptors (Lipinski definition) is 3. The fraction of sp³-hybridized carbons (Fsp3) is 0.833. The van der Waals surface area contributed by atoms with E-state index in [1.165, 1.54) is 77.0 Å². The van der Waals surface area contributed by atoms with Gasteiger partial charge < -0.3 is 0 Å². The molecular formula is C36H58O3S. The second kappa shape index (κ2) is 12.4. The minimum Gasteiger partial charge on any atom is -0.270 e. The summed E-state index contributed by atoms with van der Waals surface area (Å²) < 4.78 is 30.5. The van der Waals surface area contributed by atoms with E-state index < -0.39 is 10.1 Å². The Bertz CT molecular complexity index is 1070. The predicted octanol–water partition coefficient (Wildman–Crippen LogP) is 9.66. The molecule has 0 bridgehead atoms. The highest BCUT2D eigenvalue weighted by Crippen LogP contribution is 2.68. The van der Waals surface area contributed by atoms with Crippen molar-refractivity contribution in [2.24, 2.45) is 58.2 Å². The quantitative estimate of drug-likeness (QED) is 0.249. The van der Waals surface area contributed by atoms with E-state index in [0.717, 1.165) is 47.5 Å². The molecule has 4 aliphatic rings. The average molecular weight is 571 g/mol. The largest absolute Gasteiger partial charge is 0.271 e. The summed E-state index contributed by atoms with van der Waals surface area (Å²) in [4.78, 5) is 0. The zero-order valence-corrected chi connectivity index (χ0v) is 27.1. The maximum absolute atomic E-state index is 12.5. The van der Waals surface area contributed by atoms with Crippen LogP contribution in [0.2, 0.25) is 0 Å². The van der Waals surface area contributed by atoms with Gasteiger partial charge in [-0.2, -0.15) is 8.42 Å². The van der Waals surface area contributed by atoms with Crippen molar-refractivity contribution in [3.05, 3.63) is 35.9 Å². The lowest BCUT2D eigenvalue weighted by Crippen LogP contribution is -2.53. The van der Waals surface area contributed by atoms with Crippen molar-refractivity contribution in [3.8, 4) is 0 Å². The predicted molar refractivity (Wildman–Crippen MR) is 166 cm³/mol. The van der Waals surface area contributed by atoms with Gasteiger partial charge in [0.2, 0.25) is 0 Å². The molecule has 9 atom stereocenters. The molecule has 1 unspecified atom stereocenters. The highest BCUT2D eigenvalue weighted by Gasteiger charge is 2.60. The summed E-state index contributed by atoms with van der Waals surface area (Å²) in [5, 5.41) is 0. The Morgan fingerprint density at radius 3 is 2.33 bits per heavy atom. The highest BCUT2D eigenvalue weighted by atomic mass is 32.2. The van der Waals surface area contributed by atoms with E-state index in [2.05, 4.69) is 34.6 Å². The fourth-order valence-electron chi connectivity index (χ4n) is 10.9. The SMILES string of the molecule is CC(C)[C@H](CCOS(=O)(=O)Cc1ccccc1)CC[C@@H](C)[C@H]1CC[C@H]2[C@@H]3CCC4CCCC[C@]4(C)[C@H]3CC[C@]12C. The third kappa shape index (κ3) is 6.24. The molecule has 0 spiro atoms. The van der Waals surface area contributed by atoms with E-state index in [9.17, 15) is 8.42 Å². The van der Waals surface area contributed by atoms with Crippen molar-refractivity contribution in [1.29, 1.82) is 0 Å². The fourth-order valence-corrected chi connectivity index (χ4v) is 11.9. The molecule has 0 aromatic heterocycles. The molecular weight excluding hydrogens is 512 g/mol. The third-order valence-corrected chi connectivity index (χ3v) is 14.4. The number of benzene rings is 1. The van der Waals surface area contributed by atoms with Gasteiger partial charge in [-0.3, -0.25) is 4.18 Å². The van der Waals surface area contributed by atoms with Crippen LogP contribution in [0.3, 0.4) is 0 Å². The van der Waals surface area contributed by atoms with Gasteiger partial charge in [0.05, 0.1) is 6.61 Å². The van der Waals surface area contributed by atoms with Crippen molar-refractivity contribution in [1.82, 2.24) is 0 Å². The second-order valence-electron chi connectivity index (χ2n) is 15.5. The van der Waals surface area contributed by atoms with Gasteiger partial charge in [0.15, 0.2) is 0 Å². The highest BCUT2D eigenvalue weighted by molar-refractivity contribution is 7.85. The first-order valence-electron chi connectivity index (χ1n) is 16.9. The lowest BCUT2D eigenvalue weighted by atomic mass is 9.44. The van der Waals surface area contributed by atoms with Gasteiger partial charge in [-0.15, -0.1) is 0 Å². The minimum atomic E-state index is -3.54. The zero-order valence-electron chi connectivity index (χ0n) is 26.2. The first-order chi connectivity index (χ1) is 19.0. The van der Waals surface area contributed by atoms with Crippen molar-refractivity contribution in [3.63, 3.8) is 0 Å². The molecule has 0 heterocycles. The first kappa shape index (κ1) is 30.6. The van der Waals surface area contributed by atoms with E-state index in [1.54, 1.807) is 0 Å². The molecule has 5 rings (SSSR count). The van der Waals surface area contributed by atoms with Gasteiger partial charge in [-0.05, 0) is 128 Å². The maximum Gasteiger partial charge on any atom is 0.271 e. The van der Waals surface area contributed by atoms with Crippen LogP contribution in [0.25, 0.3) is 0 Å². The molecule has 0 saturated heterocycles. The minimum absolute atomic E-state index is 0.0414. The summed E-state index contributed by atoms with van der Waals surface area (Å²) >= 11 is 0. The maximum atomic E-state index is 12.5. The first-order valence-corrected chi connectivity index (χ1v) is 18.5. The lowest BCUT2D eigenvalue weighted by Gasteiger charge is -2.61. The third-order valence-electron chi connectivity index (χ3n) is 13.2. The summed E-state index contributed by atoms with van der Waals surface area (Å²) in [6.45, 7) is 12.8. The number of fused-ring (bicyclic) bond motifs is 5. The topological polar surface area (TPSA) is 43.4 Å². The van der Waals surface area contributed by atoms with Gasteiger partial charge >= 0.3 is 0 Å². The van der Waals surface area contributed by atoms with E-state index in [-0.39, 0.29) is 5.75 Å². The molecule has 1 aromatic rings. The van der Waals surface area contributed by atoms with Crippen LogP contribution in [0.4, 0.5) is 0 Å². The summed E-state index contributed by atoms with van der Waals surface area (Å²) in [5.41, 5.74) is 1.95. The summed E-state index contributed by atoms with van der Waals surface area (Å²) in [6, 6.07) is 9.36. The summed E-state index contributed by atoms with van der Waals surface area (Å²) in [7, 11) is -3.54. The normalized spacial score (nSPS) is 37.4. The van der Waals surface area contributed by atoms with E-state index in [4.69, 9.17) is 4.18 Å². The second-order valence-corrected chi connectivity index (χ2v) is 17.1. The standard InChI is InChI=1S/C36H58O3S/c1-26(2)29(21-24-39-40(37,38)25-28-11-7-6-8-12-28)15-14-27(3)32-18-19-33-31-17-16-30-13-9-10-22-35(30,4)34(31)20-23-36(32,33)5/h6-8,11-12,26-27,29-34H,9-10,13-25H2,1-5H3/t27-,29+,30?,31+,32-,33+,34+,35+,36-/m1/s1. The number of hydrogen-bond donors (Lipinski definition) is 0. The van der Waals surface area contributed by atoms with Crippen LogP contribution in [-0.4, -0.2) is 15.0 Å². The van der Waals surface area contributed by atoms with Crippen molar-refractivity contribution < 1.29 is 12.6 Å². The van der Waals surface area contributed by atoms with Gasteiger partial charge in [-0.1, -0.05) is 84.2 Å². The Morgan fingerprint density at radius 1 is 0.825 bits per heavy atom. The Morgan fingerprint density at radius 2 is 1.57 bits per heavy atom. The van der Waals surface area contributed by atoms with Gasteiger partial charge in [0, 0.05) is 0 Å². The molecule has 0 amide bonds. The van der Waals surface area contributed by atoms with Gasteiger partial charge in [0.1, 0.15) is 5.75 Å². The van der Waals surface area contributed by atoms with Crippen LogP contribution < -0.4 is 0 Å². The van der Waals surface area contributed by atoms with Crippen molar-refractivity contribution >= 4 is 10.1 Å². The van der Waals surface area contributed by atoms with Crippen LogP contribution in [0.1, 0.15) is 124 Å². The zero-order chi connectivity index (χ0) is 28.5. The van der Waals surface area contributed by atoms with Crippen LogP contribution in [0.5, 0.6) is 0 Å². The monoisotopic (exact) mass is 570 g/mol. The van der Waals surface area contributed by atoms with Crippen LogP contribution in [0, 0.1) is 58.2 Å². The van der Waals surface area contributed by atoms with Gasteiger partial charge in [0.25, 0.3) is 10.1 Å². The van der Waals surface area contributed by atoms with Crippen LogP contribution in [-0.2, 0) is 20.1 Å². The molecule has 1 aromatic carbocycles. The van der Waals surface area contributed by atoms with Gasteiger partial charge in [-0.25, -0.2) is 0 Å². The van der Waals surface area contributed by atoms with Crippen LogP contribution >= 0.6 is 0 Å². The molecule has 3 nitrogen and oxygen atoms in total. The molecule has 4 heteroatoms. The summed E-state index contributed by atoms with van der Waals surface area (Å²) in [6.07, 6.45) is 18.1. The Kier molecular flexibility index (Phi) is 9.47. The van der Waals surface area contributed by atoms with Crippen molar-refractivity contribution in [2.75, 3.05) is 6.61 Å². The Balaban J connectivity index is 1.14. The van der Waals surface area contributed by atoms with Crippen LogP contribution in [0.15, 0.2) is 30.3 Å². The molecule has 226 valence electrons. The Labute approximate surface area is 246 Å². The lowest BCUT2D eigenvalue weighted by molar-refractivity contribution is -0.114. The number of rotatable bonds is 11. The molecule has 0 aliphatic heterocycles.